The Morgan fingerprint density at radius 3 is 2.65 bits per heavy atom. The van der Waals surface area contributed by atoms with Crippen molar-refractivity contribution in [3.05, 3.63) is 0 Å². The van der Waals surface area contributed by atoms with Gasteiger partial charge >= 0.3 is 0 Å². The highest BCUT2D eigenvalue weighted by molar-refractivity contribution is 5.79. The zero-order chi connectivity index (χ0) is 12.9. The van der Waals surface area contributed by atoms with Crippen LogP contribution in [0.1, 0.15) is 65.2 Å². The molecule has 0 rings (SSSR count). The number of rotatable bonds is 11. The summed E-state index contributed by atoms with van der Waals surface area (Å²) < 4.78 is 0. The first kappa shape index (κ1) is 16.2. The molecule has 0 saturated carbocycles. The maximum atomic E-state index is 8.37. The van der Waals surface area contributed by atoms with Crippen LogP contribution in [-0.2, 0) is 0 Å². The highest BCUT2D eigenvalue weighted by Crippen LogP contribution is 2.05. The first-order chi connectivity index (χ1) is 8.20. The zero-order valence-electron chi connectivity index (χ0n) is 11.4. The van der Waals surface area contributed by atoms with Crippen molar-refractivity contribution in [3.63, 3.8) is 0 Å². The summed E-state index contributed by atoms with van der Waals surface area (Å²) in [4.78, 5) is 0. The van der Waals surface area contributed by atoms with Crippen LogP contribution in [-0.4, -0.2) is 23.6 Å². The molecule has 0 spiro atoms. The number of oxime groups is 1. The zero-order valence-corrected chi connectivity index (χ0v) is 11.4. The molecule has 4 nitrogen and oxygen atoms in total. The first-order valence-electron chi connectivity index (χ1n) is 6.90. The molecule has 0 aromatic rings. The second-order valence-electron chi connectivity index (χ2n) is 4.75. The average Bonchev–Trinajstić information content (AvgIpc) is 2.34. The lowest BCUT2D eigenvalue weighted by Gasteiger charge is -2.13. The van der Waals surface area contributed by atoms with E-state index in [1.165, 1.54) is 32.1 Å². The maximum absolute atomic E-state index is 8.37. The third-order valence-electron chi connectivity index (χ3n) is 2.97. The van der Waals surface area contributed by atoms with Gasteiger partial charge in [0, 0.05) is 12.5 Å². The van der Waals surface area contributed by atoms with E-state index < -0.39 is 0 Å². The van der Waals surface area contributed by atoms with E-state index in [0.717, 1.165) is 19.4 Å². The second-order valence-corrected chi connectivity index (χ2v) is 4.75. The molecule has 0 saturated heterocycles. The van der Waals surface area contributed by atoms with Gasteiger partial charge < -0.3 is 16.3 Å². The molecule has 0 amide bonds. The van der Waals surface area contributed by atoms with Gasteiger partial charge in [-0.25, -0.2) is 0 Å². The summed E-state index contributed by atoms with van der Waals surface area (Å²) in [6.45, 7) is 5.51. The first-order valence-corrected chi connectivity index (χ1v) is 6.90. The van der Waals surface area contributed by atoms with Gasteiger partial charge in [0.15, 0.2) is 0 Å². The monoisotopic (exact) mass is 243 g/mol. The number of hydrogen-bond acceptors (Lipinski definition) is 3. The Hall–Kier alpha value is -0.770. The van der Waals surface area contributed by atoms with Crippen molar-refractivity contribution in [3.8, 4) is 0 Å². The van der Waals surface area contributed by atoms with Crippen LogP contribution in [0.3, 0.4) is 0 Å². The summed E-state index contributed by atoms with van der Waals surface area (Å²) in [6, 6.07) is 0.607. The van der Waals surface area contributed by atoms with Crippen LogP contribution in [0.5, 0.6) is 0 Å². The molecule has 1 unspecified atom stereocenters. The van der Waals surface area contributed by atoms with E-state index in [2.05, 4.69) is 24.3 Å². The molecule has 1 atom stereocenters. The van der Waals surface area contributed by atoms with Crippen molar-refractivity contribution in [2.45, 2.75) is 71.3 Å². The number of nitrogens with one attached hydrogen (secondary N) is 1. The van der Waals surface area contributed by atoms with Crippen molar-refractivity contribution >= 4 is 5.84 Å². The Labute approximate surface area is 106 Å². The molecule has 0 aliphatic heterocycles. The van der Waals surface area contributed by atoms with Gasteiger partial charge in [-0.05, 0) is 32.7 Å². The second kappa shape index (κ2) is 11.7. The van der Waals surface area contributed by atoms with Crippen molar-refractivity contribution < 1.29 is 5.21 Å². The molecule has 0 aliphatic carbocycles. The molecule has 102 valence electrons. The Morgan fingerprint density at radius 1 is 1.24 bits per heavy atom. The van der Waals surface area contributed by atoms with Crippen molar-refractivity contribution in [2.24, 2.45) is 10.9 Å². The smallest absolute Gasteiger partial charge is 0.139 e. The molecule has 0 radical (unpaired) electrons. The quantitative estimate of drug-likeness (QED) is 0.172. The fourth-order valence-corrected chi connectivity index (χ4v) is 1.81. The lowest BCUT2D eigenvalue weighted by atomic mass is 10.1. The molecule has 17 heavy (non-hydrogen) atoms. The van der Waals surface area contributed by atoms with Gasteiger partial charge in [0.2, 0.25) is 0 Å². The fraction of sp³-hybridized carbons (Fsp3) is 0.923. The summed E-state index contributed by atoms with van der Waals surface area (Å²) in [5, 5.41) is 14.8. The summed E-state index contributed by atoms with van der Waals surface area (Å²) >= 11 is 0. The Morgan fingerprint density at radius 2 is 2.00 bits per heavy atom. The summed E-state index contributed by atoms with van der Waals surface area (Å²) in [6.07, 6.45) is 9.34. The maximum Gasteiger partial charge on any atom is 0.139 e. The van der Waals surface area contributed by atoms with Gasteiger partial charge in [0.1, 0.15) is 5.84 Å². The van der Waals surface area contributed by atoms with Crippen LogP contribution >= 0.6 is 0 Å². The average molecular weight is 243 g/mol. The number of nitrogens with zero attached hydrogens (tertiary/aromatic N) is 1. The minimum atomic E-state index is 0.331. The van der Waals surface area contributed by atoms with Crippen LogP contribution in [0.15, 0.2) is 5.16 Å². The summed E-state index contributed by atoms with van der Waals surface area (Å²) in [5.74, 6) is 0.331. The number of unbranched alkanes of at least 4 members (excludes halogenated alkanes) is 4. The highest BCUT2D eigenvalue weighted by Gasteiger charge is 2.00. The van der Waals surface area contributed by atoms with Crippen molar-refractivity contribution in [1.82, 2.24) is 5.32 Å². The Bertz CT molecular complexity index is 195. The fourth-order valence-electron chi connectivity index (χ4n) is 1.81. The van der Waals surface area contributed by atoms with E-state index in [1.807, 2.05) is 0 Å². The van der Waals surface area contributed by atoms with E-state index in [0.29, 0.717) is 18.3 Å². The van der Waals surface area contributed by atoms with Gasteiger partial charge in [-0.2, -0.15) is 0 Å². The van der Waals surface area contributed by atoms with Gasteiger partial charge in [0.25, 0.3) is 0 Å². The topological polar surface area (TPSA) is 70.6 Å². The molecule has 0 aromatic heterocycles. The van der Waals surface area contributed by atoms with Crippen LogP contribution in [0.25, 0.3) is 0 Å². The Kier molecular flexibility index (Phi) is 11.2. The molecular formula is C13H29N3O. The van der Waals surface area contributed by atoms with Gasteiger partial charge in [-0.15, -0.1) is 0 Å². The molecule has 0 heterocycles. The van der Waals surface area contributed by atoms with E-state index in [-0.39, 0.29) is 0 Å². The minimum absolute atomic E-state index is 0.331. The molecule has 0 aromatic carbocycles. The number of hydrogen-bond donors (Lipinski definition) is 3. The third kappa shape index (κ3) is 11.5. The predicted molar refractivity (Wildman–Crippen MR) is 73.5 cm³/mol. The molecular weight excluding hydrogens is 214 g/mol. The van der Waals surface area contributed by atoms with Gasteiger partial charge in [0.05, 0.1) is 0 Å². The van der Waals surface area contributed by atoms with E-state index in [4.69, 9.17) is 10.9 Å². The van der Waals surface area contributed by atoms with E-state index >= 15 is 0 Å². The molecule has 0 fully saturated rings. The summed E-state index contributed by atoms with van der Waals surface area (Å²) in [7, 11) is 0. The minimum Gasteiger partial charge on any atom is -0.409 e. The Balaban J connectivity index is 3.24. The van der Waals surface area contributed by atoms with Gasteiger partial charge in [-0.1, -0.05) is 37.8 Å². The van der Waals surface area contributed by atoms with Crippen LogP contribution in [0.2, 0.25) is 0 Å². The van der Waals surface area contributed by atoms with E-state index in [9.17, 15) is 0 Å². The highest BCUT2D eigenvalue weighted by atomic mass is 16.4. The van der Waals surface area contributed by atoms with E-state index in [1.54, 1.807) is 0 Å². The lowest BCUT2D eigenvalue weighted by molar-refractivity contribution is 0.316. The van der Waals surface area contributed by atoms with Crippen LogP contribution in [0, 0.1) is 0 Å². The molecule has 0 bridgehead atoms. The lowest BCUT2D eigenvalue weighted by Crippen LogP contribution is -2.27. The predicted octanol–water partition coefficient (Wildman–Crippen LogP) is 2.85. The normalized spacial score (nSPS) is 13.9. The number of nitrogens with two attached hydrogens (primary N) is 1. The molecule has 0 aliphatic rings. The largest absolute Gasteiger partial charge is 0.409 e. The molecule has 4 heteroatoms. The number of amidine groups is 1. The summed E-state index contributed by atoms with van der Waals surface area (Å²) in [5.41, 5.74) is 5.39. The standard InChI is InChI=1S/C13H29N3O/c1-3-4-5-6-9-12(2)15-11-8-7-10-13(14)16-17/h12,15,17H,3-11H2,1-2H3,(H2,14,16). The van der Waals surface area contributed by atoms with Crippen molar-refractivity contribution in [1.29, 1.82) is 0 Å². The van der Waals surface area contributed by atoms with Crippen molar-refractivity contribution in [2.75, 3.05) is 6.54 Å². The third-order valence-corrected chi connectivity index (χ3v) is 2.97. The van der Waals surface area contributed by atoms with Gasteiger partial charge in [-0.3, -0.25) is 0 Å². The van der Waals surface area contributed by atoms with Crippen LogP contribution < -0.4 is 11.1 Å². The molecule has 4 N–H and O–H groups in total. The SMILES string of the molecule is CCCCCCC(C)NCCCCC(N)=NO. The van der Waals surface area contributed by atoms with Crippen LogP contribution in [0.4, 0.5) is 0 Å².